The third-order valence-electron chi connectivity index (χ3n) is 5.67. The Hall–Kier alpha value is -2.14. The van der Waals surface area contributed by atoms with E-state index in [2.05, 4.69) is 30.0 Å². The van der Waals surface area contributed by atoms with Crippen molar-refractivity contribution in [1.29, 1.82) is 0 Å². The van der Waals surface area contributed by atoms with E-state index in [1.54, 1.807) is 7.11 Å². The van der Waals surface area contributed by atoms with Crippen molar-refractivity contribution in [2.24, 2.45) is 0 Å². The summed E-state index contributed by atoms with van der Waals surface area (Å²) in [6.45, 7) is 5.21. The molecule has 0 spiro atoms. The standard InChI is InChI=1S/C22H25NO3/c1-3-23-7-6-17-16-5-4-14(12-24)8-18(16)19-9-15(13-25)22(26-2)10-20(19)21(17)11-23/h4-5,8-10,24-25H,3,6-7,11-13H2,1-2H3. The van der Waals surface area contributed by atoms with E-state index in [1.165, 1.54) is 21.9 Å². The normalized spacial score (nSPS) is 14.8. The molecular weight excluding hydrogens is 326 g/mol. The third kappa shape index (κ3) is 2.65. The number of ether oxygens (including phenoxy) is 1. The summed E-state index contributed by atoms with van der Waals surface area (Å²) >= 11 is 0. The first kappa shape index (κ1) is 17.3. The Morgan fingerprint density at radius 3 is 2.46 bits per heavy atom. The molecule has 0 bridgehead atoms. The largest absolute Gasteiger partial charge is 0.496 e. The van der Waals surface area contributed by atoms with Crippen LogP contribution in [0.4, 0.5) is 0 Å². The van der Waals surface area contributed by atoms with E-state index in [4.69, 9.17) is 4.74 Å². The van der Waals surface area contributed by atoms with Gasteiger partial charge in [-0.3, -0.25) is 4.90 Å². The van der Waals surface area contributed by atoms with Crippen LogP contribution in [-0.4, -0.2) is 35.3 Å². The Kier molecular flexibility index (Phi) is 4.57. The quantitative estimate of drug-likeness (QED) is 0.708. The number of fused-ring (bicyclic) bond motifs is 6. The molecule has 0 radical (unpaired) electrons. The van der Waals surface area contributed by atoms with Gasteiger partial charge in [0.1, 0.15) is 5.75 Å². The van der Waals surface area contributed by atoms with E-state index in [0.717, 1.165) is 53.7 Å². The summed E-state index contributed by atoms with van der Waals surface area (Å²) in [7, 11) is 1.65. The van der Waals surface area contributed by atoms with E-state index in [-0.39, 0.29) is 13.2 Å². The average Bonchev–Trinajstić information content (AvgIpc) is 2.71. The molecule has 136 valence electrons. The highest BCUT2D eigenvalue weighted by Crippen LogP contribution is 2.39. The molecule has 1 heterocycles. The van der Waals surface area contributed by atoms with Crippen LogP contribution in [0.2, 0.25) is 0 Å². The second kappa shape index (κ2) is 6.88. The van der Waals surface area contributed by atoms with Crippen LogP contribution in [0.5, 0.6) is 5.75 Å². The first-order valence-electron chi connectivity index (χ1n) is 9.21. The van der Waals surface area contributed by atoms with Crippen LogP contribution in [0, 0.1) is 0 Å². The van der Waals surface area contributed by atoms with Crippen LogP contribution in [-0.2, 0) is 26.2 Å². The maximum atomic E-state index is 9.77. The molecule has 0 saturated heterocycles. The first-order chi connectivity index (χ1) is 12.7. The van der Waals surface area contributed by atoms with E-state index >= 15 is 0 Å². The van der Waals surface area contributed by atoms with Crippen molar-refractivity contribution in [1.82, 2.24) is 4.90 Å². The minimum absolute atomic E-state index is 0.0289. The number of benzene rings is 3. The first-order valence-corrected chi connectivity index (χ1v) is 9.21. The SMILES string of the molecule is CCN1CCc2c(c3cc(OC)c(CO)cc3c3cc(CO)ccc23)C1. The smallest absolute Gasteiger partial charge is 0.125 e. The monoisotopic (exact) mass is 351 g/mol. The highest BCUT2D eigenvalue weighted by Gasteiger charge is 2.22. The molecule has 4 rings (SSSR count). The summed E-state index contributed by atoms with van der Waals surface area (Å²) in [5.74, 6) is 0.730. The molecule has 4 heteroatoms. The predicted molar refractivity (Wildman–Crippen MR) is 105 cm³/mol. The number of rotatable bonds is 4. The Bertz CT molecular complexity index is 980. The fourth-order valence-electron chi connectivity index (χ4n) is 4.22. The van der Waals surface area contributed by atoms with Crippen molar-refractivity contribution < 1.29 is 14.9 Å². The number of aliphatic hydroxyl groups is 2. The minimum Gasteiger partial charge on any atom is -0.496 e. The van der Waals surface area contributed by atoms with Crippen molar-refractivity contribution in [3.05, 3.63) is 52.6 Å². The number of methoxy groups -OCH3 is 1. The Labute approximate surface area is 153 Å². The van der Waals surface area contributed by atoms with E-state index in [9.17, 15) is 10.2 Å². The Morgan fingerprint density at radius 2 is 1.77 bits per heavy atom. The fourth-order valence-corrected chi connectivity index (χ4v) is 4.22. The van der Waals surface area contributed by atoms with E-state index in [1.807, 2.05) is 12.1 Å². The lowest BCUT2D eigenvalue weighted by atomic mass is 9.86. The van der Waals surface area contributed by atoms with Crippen molar-refractivity contribution in [2.75, 3.05) is 20.2 Å². The number of nitrogens with zero attached hydrogens (tertiary/aromatic N) is 1. The van der Waals surface area contributed by atoms with Gasteiger partial charge in [0, 0.05) is 18.7 Å². The number of hydrogen-bond acceptors (Lipinski definition) is 4. The zero-order chi connectivity index (χ0) is 18.3. The summed E-state index contributed by atoms with van der Waals surface area (Å²) < 4.78 is 5.53. The zero-order valence-corrected chi connectivity index (χ0v) is 15.4. The lowest BCUT2D eigenvalue weighted by Gasteiger charge is -2.30. The fraction of sp³-hybridized carbons (Fsp3) is 0.364. The van der Waals surface area contributed by atoms with Crippen LogP contribution < -0.4 is 4.74 Å². The molecule has 3 aromatic rings. The van der Waals surface area contributed by atoms with Gasteiger partial charge in [0.05, 0.1) is 20.3 Å². The third-order valence-corrected chi connectivity index (χ3v) is 5.67. The molecule has 3 aromatic carbocycles. The van der Waals surface area contributed by atoms with E-state index in [0.29, 0.717) is 0 Å². The highest BCUT2D eigenvalue weighted by atomic mass is 16.5. The second-order valence-electron chi connectivity index (χ2n) is 6.98. The Morgan fingerprint density at radius 1 is 0.962 bits per heavy atom. The maximum absolute atomic E-state index is 9.77. The van der Waals surface area contributed by atoms with Gasteiger partial charge in [-0.2, -0.15) is 0 Å². The van der Waals surface area contributed by atoms with Crippen molar-refractivity contribution in [3.8, 4) is 5.75 Å². The summed E-state index contributed by atoms with van der Waals surface area (Å²) in [5, 5.41) is 24.1. The lowest BCUT2D eigenvalue weighted by Crippen LogP contribution is -2.30. The van der Waals surface area contributed by atoms with Gasteiger partial charge in [0.25, 0.3) is 0 Å². The van der Waals surface area contributed by atoms with Gasteiger partial charge in [0.2, 0.25) is 0 Å². The zero-order valence-electron chi connectivity index (χ0n) is 15.4. The Balaban J connectivity index is 2.12. The summed E-state index contributed by atoms with van der Waals surface area (Å²) in [6, 6.07) is 10.4. The predicted octanol–water partition coefficient (Wildman–Crippen LogP) is 3.36. The molecule has 1 aliphatic heterocycles. The lowest BCUT2D eigenvalue weighted by molar-refractivity contribution is 0.270. The summed E-state index contributed by atoms with van der Waals surface area (Å²) in [6.07, 6.45) is 1.03. The van der Waals surface area contributed by atoms with Crippen LogP contribution >= 0.6 is 0 Å². The van der Waals surface area contributed by atoms with Crippen LogP contribution in [0.25, 0.3) is 21.5 Å². The van der Waals surface area contributed by atoms with Crippen molar-refractivity contribution in [2.45, 2.75) is 33.1 Å². The highest BCUT2D eigenvalue weighted by molar-refractivity contribution is 6.11. The molecule has 0 fully saturated rings. The molecular formula is C22H25NO3. The van der Waals surface area contributed by atoms with Gasteiger partial charge in [-0.05, 0) is 69.4 Å². The topological polar surface area (TPSA) is 52.9 Å². The van der Waals surface area contributed by atoms with Gasteiger partial charge >= 0.3 is 0 Å². The van der Waals surface area contributed by atoms with Gasteiger partial charge in [-0.15, -0.1) is 0 Å². The number of likely N-dealkylation sites (N-methyl/N-ethyl adjacent to an activating group) is 1. The van der Waals surface area contributed by atoms with Crippen LogP contribution in [0.1, 0.15) is 29.2 Å². The van der Waals surface area contributed by atoms with Crippen LogP contribution in [0.15, 0.2) is 30.3 Å². The molecule has 0 amide bonds. The molecule has 26 heavy (non-hydrogen) atoms. The molecule has 0 aliphatic carbocycles. The van der Waals surface area contributed by atoms with Gasteiger partial charge < -0.3 is 14.9 Å². The molecule has 0 atom stereocenters. The van der Waals surface area contributed by atoms with Crippen molar-refractivity contribution in [3.63, 3.8) is 0 Å². The van der Waals surface area contributed by atoms with E-state index < -0.39 is 0 Å². The van der Waals surface area contributed by atoms with Crippen LogP contribution in [0.3, 0.4) is 0 Å². The molecule has 0 unspecified atom stereocenters. The molecule has 0 saturated carbocycles. The molecule has 4 nitrogen and oxygen atoms in total. The molecule has 1 aliphatic rings. The number of aliphatic hydroxyl groups excluding tert-OH is 2. The average molecular weight is 351 g/mol. The summed E-state index contributed by atoms with van der Waals surface area (Å²) in [4.78, 5) is 2.46. The number of hydrogen-bond donors (Lipinski definition) is 2. The minimum atomic E-state index is -0.0571. The van der Waals surface area contributed by atoms with Gasteiger partial charge in [0.15, 0.2) is 0 Å². The van der Waals surface area contributed by atoms with Gasteiger partial charge in [-0.1, -0.05) is 19.1 Å². The second-order valence-corrected chi connectivity index (χ2v) is 6.98. The van der Waals surface area contributed by atoms with Crippen molar-refractivity contribution >= 4 is 21.5 Å². The molecule has 0 aromatic heterocycles. The van der Waals surface area contributed by atoms with Gasteiger partial charge in [-0.25, -0.2) is 0 Å². The summed E-state index contributed by atoms with van der Waals surface area (Å²) in [5.41, 5.74) is 4.46. The maximum Gasteiger partial charge on any atom is 0.125 e. The molecule has 2 N–H and O–H groups in total.